The van der Waals surface area contributed by atoms with Gasteiger partial charge in [0, 0.05) is 6.20 Å². The Morgan fingerprint density at radius 2 is 1.85 bits per heavy atom. The van der Waals surface area contributed by atoms with Crippen LogP contribution in [0.1, 0.15) is 0 Å². The average molecular weight is 173 g/mol. The van der Waals surface area contributed by atoms with Crippen LogP contribution >= 0.6 is 0 Å². The van der Waals surface area contributed by atoms with Gasteiger partial charge in [-0.05, 0) is 30.3 Å². The Morgan fingerprint density at radius 1 is 1.08 bits per heavy atom. The van der Waals surface area contributed by atoms with Crippen LogP contribution in [0.25, 0.3) is 0 Å². The summed E-state index contributed by atoms with van der Waals surface area (Å²) in [4.78, 5) is 3.66. The maximum absolute atomic E-state index is 11.9. The minimum absolute atomic E-state index is 0.209. The third-order valence-electron chi connectivity index (χ3n) is 1.19. The van der Waals surface area contributed by atoms with Gasteiger partial charge in [-0.1, -0.05) is 18.2 Å². The highest BCUT2D eigenvalue weighted by molar-refractivity contribution is 5.00. The van der Waals surface area contributed by atoms with E-state index >= 15 is 0 Å². The van der Waals surface area contributed by atoms with Gasteiger partial charge in [-0.2, -0.15) is 0 Å². The molecular formula is C11H8FN. The molecule has 0 saturated carbocycles. The van der Waals surface area contributed by atoms with Crippen LogP contribution in [0.3, 0.4) is 0 Å². The smallest absolute Gasteiger partial charge is 0.123 e. The van der Waals surface area contributed by atoms with E-state index in [1.807, 2.05) is 12.1 Å². The number of hydrogen-bond acceptors (Lipinski definition) is 1. The predicted octanol–water partition coefficient (Wildman–Crippen LogP) is 2.51. The third kappa shape index (κ3) is 4.69. The van der Waals surface area contributed by atoms with Crippen LogP contribution in [0.5, 0.6) is 0 Å². The van der Waals surface area contributed by atoms with E-state index < -0.39 is 0 Å². The Bertz CT molecular complexity index is 281. The largest absolute Gasteiger partial charge is 0.255 e. The van der Waals surface area contributed by atoms with Gasteiger partial charge >= 0.3 is 0 Å². The van der Waals surface area contributed by atoms with Crippen LogP contribution in [-0.2, 0) is 0 Å². The Balaban J connectivity index is 0.000000132. The Labute approximate surface area is 76.9 Å². The van der Waals surface area contributed by atoms with Crippen molar-refractivity contribution in [1.82, 2.24) is 4.98 Å². The summed E-state index contributed by atoms with van der Waals surface area (Å²) in [6, 6.07) is 14.0. The van der Waals surface area contributed by atoms with Crippen molar-refractivity contribution >= 4 is 0 Å². The predicted molar refractivity (Wildman–Crippen MR) is 48.3 cm³/mol. The highest BCUT2D eigenvalue weighted by Gasteiger charge is 1.77. The van der Waals surface area contributed by atoms with Gasteiger partial charge in [0.05, 0.1) is 6.20 Å². The number of halogens is 1. The van der Waals surface area contributed by atoms with Crippen molar-refractivity contribution in [2.24, 2.45) is 0 Å². The second-order valence-corrected chi connectivity index (χ2v) is 2.18. The Kier molecular flexibility index (Phi) is 4.25. The number of aromatic nitrogens is 1. The fourth-order valence-electron chi connectivity index (χ4n) is 0.644. The zero-order valence-corrected chi connectivity index (χ0v) is 6.94. The van der Waals surface area contributed by atoms with Gasteiger partial charge in [0.25, 0.3) is 0 Å². The topological polar surface area (TPSA) is 12.9 Å². The summed E-state index contributed by atoms with van der Waals surface area (Å²) in [5, 5.41) is 0. The second kappa shape index (κ2) is 5.89. The van der Waals surface area contributed by atoms with Gasteiger partial charge in [0.15, 0.2) is 0 Å². The van der Waals surface area contributed by atoms with E-state index in [1.54, 1.807) is 12.3 Å². The molecule has 0 spiro atoms. The molecule has 0 saturated heterocycles. The molecule has 0 aliphatic heterocycles. The number of nitrogens with zero attached hydrogens (tertiary/aromatic N) is 1. The van der Waals surface area contributed by atoms with E-state index in [0.29, 0.717) is 0 Å². The molecule has 1 aromatic carbocycles. The molecule has 0 unspecified atom stereocenters. The molecule has 64 valence electrons. The van der Waals surface area contributed by atoms with Crippen LogP contribution in [0.15, 0.2) is 48.7 Å². The summed E-state index contributed by atoms with van der Waals surface area (Å²) in [5.74, 6) is -0.209. The van der Waals surface area contributed by atoms with E-state index in [-0.39, 0.29) is 5.82 Å². The van der Waals surface area contributed by atoms with E-state index in [4.69, 9.17) is 0 Å². The highest BCUT2D eigenvalue weighted by Crippen LogP contribution is 1.91. The first kappa shape index (κ1) is 9.39. The number of rotatable bonds is 0. The molecule has 2 radical (unpaired) electrons. The van der Waals surface area contributed by atoms with Crippen molar-refractivity contribution in [3.8, 4) is 0 Å². The lowest BCUT2D eigenvalue weighted by molar-refractivity contribution is 0.628. The molecular weight excluding hydrogens is 165 g/mol. The Morgan fingerprint density at radius 3 is 2.08 bits per heavy atom. The SMILES string of the molecule is Fc1cc[c]cc1.[c]1ccccn1. The van der Waals surface area contributed by atoms with Gasteiger partial charge in [-0.15, -0.1) is 0 Å². The quantitative estimate of drug-likeness (QED) is 0.596. The normalized spacial score (nSPS) is 8.38. The van der Waals surface area contributed by atoms with Gasteiger partial charge in [0.1, 0.15) is 5.82 Å². The zero-order valence-electron chi connectivity index (χ0n) is 6.94. The first-order valence-electron chi connectivity index (χ1n) is 3.78. The third-order valence-corrected chi connectivity index (χ3v) is 1.19. The van der Waals surface area contributed by atoms with Gasteiger partial charge in [-0.25, -0.2) is 4.39 Å². The van der Waals surface area contributed by atoms with Crippen LogP contribution in [0.4, 0.5) is 4.39 Å². The molecule has 1 aromatic heterocycles. The molecule has 13 heavy (non-hydrogen) atoms. The van der Waals surface area contributed by atoms with Crippen LogP contribution in [-0.4, -0.2) is 4.98 Å². The summed E-state index contributed by atoms with van der Waals surface area (Å²) in [6.07, 6.45) is 4.34. The fraction of sp³-hybridized carbons (Fsp3) is 0. The lowest BCUT2D eigenvalue weighted by Gasteiger charge is -1.77. The first-order chi connectivity index (χ1) is 6.39. The molecule has 2 aromatic rings. The second-order valence-electron chi connectivity index (χ2n) is 2.18. The molecule has 2 rings (SSSR count). The fourth-order valence-corrected chi connectivity index (χ4v) is 0.644. The zero-order chi connectivity index (χ0) is 9.36. The van der Waals surface area contributed by atoms with Crippen LogP contribution < -0.4 is 0 Å². The summed E-state index contributed by atoms with van der Waals surface area (Å²) >= 11 is 0. The molecule has 1 nitrogen and oxygen atoms in total. The van der Waals surface area contributed by atoms with Gasteiger partial charge in [0.2, 0.25) is 0 Å². The van der Waals surface area contributed by atoms with Crippen molar-refractivity contribution in [3.63, 3.8) is 0 Å². The first-order valence-corrected chi connectivity index (χ1v) is 3.78. The molecule has 0 bridgehead atoms. The van der Waals surface area contributed by atoms with E-state index in [1.165, 1.54) is 24.3 Å². The molecule has 0 aliphatic carbocycles. The van der Waals surface area contributed by atoms with Gasteiger partial charge < -0.3 is 0 Å². The van der Waals surface area contributed by atoms with E-state index in [0.717, 1.165) is 0 Å². The summed E-state index contributed by atoms with van der Waals surface area (Å²) in [6.45, 7) is 0. The maximum atomic E-state index is 11.9. The molecule has 2 heteroatoms. The maximum Gasteiger partial charge on any atom is 0.123 e. The lowest BCUT2D eigenvalue weighted by Crippen LogP contribution is -1.64. The minimum Gasteiger partial charge on any atom is -0.255 e. The summed E-state index contributed by atoms with van der Waals surface area (Å²) in [5.41, 5.74) is 0. The Hall–Kier alpha value is -1.70. The van der Waals surface area contributed by atoms with Crippen molar-refractivity contribution in [2.75, 3.05) is 0 Å². The van der Waals surface area contributed by atoms with Crippen molar-refractivity contribution in [2.45, 2.75) is 0 Å². The molecule has 0 N–H and O–H groups in total. The van der Waals surface area contributed by atoms with Crippen molar-refractivity contribution in [3.05, 3.63) is 66.7 Å². The number of hydrogen-bond donors (Lipinski definition) is 0. The monoisotopic (exact) mass is 173 g/mol. The van der Waals surface area contributed by atoms with Crippen LogP contribution in [0, 0.1) is 18.1 Å². The standard InChI is InChI=1S/C6H4F.C5H4N/c7-6-4-2-1-3-5-6;1-2-4-6-5-3-1/h2-5H;1-4H. The number of benzene rings is 1. The minimum atomic E-state index is -0.209. The van der Waals surface area contributed by atoms with Gasteiger partial charge in [-0.3, -0.25) is 4.98 Å². The lowest BCUT2D eigenvalue weighted by atomic mass is 10.4. The molecule has 0 amide bonds. The van der Waals surface area contributed by atoms with E-state index in [2.05, 4.69) is 17.2 Å². The van der Waals surface area contributed by atoms with E-state index in [9.17, 15) is 4.39 Å². The summed E-state index contributed by atoms with van der Waals surface area (Å²) < 4.78 is 11.9. The summed E-state index contributed by atoms with van der Waals surface area (Å²) in [7, 11) is 0. The van der Waals surface area contributed by atoms with Crippen molar-refractivity contribution < 1.29 is 4.39 Å². The highest BCUT2D eigenvalue weighted by atomic mass is 19.1. The van der Waals surface area contributed by atoms with Crippen molar-refractivity contribution in [1.29, 1.82) is 0 Å². The average Bonchev–Trinajstić information content (AvgIpc) is 2.22. The molecule has 0 aliphatic rings. The van der Waals surface area contributed by atoms with Crippen LogP contribution in [0.2, 0.25) is 0 Å². The molecule has 0 atom stereocenters. The molecule has 1 heterocycles. The number of pyridine rings is 1. The molecule has 0 fully saturated rings.